The lowest BCUT2D eigenvalue weighted by atomic mass is 9.94. The Bertz CT molecular complexity index is 771. The number of nitrogens with zero attached hydrogens (tertiary/aromatic N) is 3. The van der Waals surface area contributed by atoms with Crippen molar-refractivity contribution in [1.82, 2.24) is 4.98 Å². The van der Waals surface area contributed by atoms with Gasteiger partial charge < -0.3 is 4.90 Å². The molecule has 3 heteroatoms. The summed E-state index contributed by atoms with van der Waals surface area (Å²) in [6.07, 6.45) is 12.2. The highest BCUT2D eigenvalue weighted by molar-refractivity contribution is 6.15. The monoisotopic (exact) mass is 331 g/mol. The first-order chi connectivity index (χ1) is 12.4. The van der Waals surface area contributed by atoms with E-state index in [1.165, 1.54) is 49.2 Å². The van der Waals surface area contributed by atoms with Crippen molar-refractivity contribution in [2.75, 3.05) is 24.5 Å². The van der Waals surface area contributed by atoms with Gasteiger partial charge in [0.1, 0.15) is 0 Å². The maximum atomic E-state index is 4.79. The minimum atomic E-state index is 0.912. The van der Waals surface area contributed by atoms with Gasteiger partial charge in [-0.05, 0) is 73.6 Å². The van der Waals surface area contributed by atoms with Crippen LogP contribution in [0, 0.1) is 0 Å². The van der Waals surface area contributed by atoms with Gasteiger partial charge in [-0.1, -0.05) is 12.1 Å². The molecule has 1 aromatic heterocycles. The average molecular weight is 331 g/mol. The summed E-state index contributed by atoms with van der Waals surface area (Å²) in [5, 5.41) is 0. The molecule has 4 rings (SSSR count). The Morgan fingerprint density at radius 1 is 0.960 bits per heavy atom. The van der Waals surface area contributed by atoms with Crippen molar-refractivity contribution in [2.45, 2.75) is 32.1 Å². The standard InChI is InChI=1S/C22H25N3/c1-2-13-25(14-3-1)21-10-4-7-18(16-21)15-19-8-6-12-24-22(19)20-9-5-11-23-17-20/h4-5,7,9-11,15-17H,1-3,6,8,12-14H2. The molecule has 128 valence electrons. The first-order valence-electron chi connectivity index (χ1n) is 9.41. The summed E-state index contributed by atoms with van der Waals surface area (Å²) in [4.78, 5) is 11.6. The SMILES string of the molecule is C(=C1CCCN=C1c1cccnc1)c1cccc(N2CCCCC2)c1. The van der Waals surface area contributed by atoms with Crippen LogP contribution in [0.1, 0.15) is 43.2 Å². The van der Waals surface area contributed by atoms with Gasteiger partial charge in [0, 0.05) is 43.3 Å². The molecule has 0 N–H and O–H groups in total. The van der Waals surface area contributed by atoms with E-state index in [1.807, 2.05) is 18.5 Å². The first-order valence-corrected chi connectivity index (χ1v) is 9.41. The average Bonchev–Trinajstić information content (AvgIpc) is 2.70. The highest BCUT2D eigenvalue weighted by atomic mass is 15.1. The molecular weight excluding hydrogens is 306 g/mol. The van der Waals surface area contributed by atoms with Crippen LogP contribution >= 0.6 is 0 Å². The summed E-state index contributed by atoms with van der Waals surface area (Å²) in [6.45, 7) is 3.28. The highest BCUT2D eigenvalue weighted by Crippen LogP contribution is 2.25. The number of anilines is 1. The third-order valence-electron chi connectivity index (χ3n) is 5.05. The van der Waals surface area contributed by atoms with E-state index in [9.17, 15) is 0 Å². The number of hydrogen-bond acceptors (Lipinski definition) is 3. The van der Waals surface area contributed by atoms with Crippen LogP contribution in [-0.2, 0) is 0 Å². The van der Waals surface area contributed by atoms with E-state index < -0.39 is 0 Å². The van der Waals surface area contributed by atoms with Gasteiger partial charge in [-0.2, -0.15) is 0 Å². The Balaban J connectivity index is 1.63. The Kier molecular flexibility index (Phi) is 4.91. The lowest BCUT2D eigenvalue weighted by Crippen LogP contribution is -2.29. The zero-order valence-electron chi connectivity index (χ0n) is 14.7. The van der Waals surface area contributed by atoms with Crippen molar-refractivity contribution >= 4 is 17.5 Å². The summed E-state index contributed by atoms with van der Waals surface area (Å²) in [6, 6.07) is 13.0. The molecule has 1 saturated heterocycles. The van der Waals surface area contributed by atoms with Gasteiger partial charge in [0.25, 0.3) is 0 Å². The molecule has 0 amide bonds. The summed E-state index contributed by atoms with van der Waals surface area (Å²) in [5.74, 6) is 0. The summed E-state index contributed by atoms with van der Waals surface area (Å²) in [5.41, 5.74) is 6.19. The molecule has 0 saturated carbocycles. The molecule has 1 aromatic carbocycles. The Labute approximate surface area is 150 Å². The summed E-state index contributed by atoms with van der Waals surface area (Å²) >= 11 is 0. The molecule has 3 heterocycles. The van der Waals surface area contributed by atoms with Gasteiger partial charge >= 0.3 is 0 Å². The quantitative estimate of drug-likeness (QED) is 0.813. The second-order valence-corrected chi connectivity index (χ2v) is 6.89. The van der Waals surface area contributed by atoms with E-state index in [1.54, 1.807) is 0 Å². The maximum absolute atomic E-state index is 4.79. The van der Waals surface area contributed by atoms with Crippen LogP contribution < -0.4 is 4.90 Å². The van der Waals surface area contributed by atoms with E-state index in [0.29, 0.717) is 0 Å². The molecule has 0 radical (unpaired) electrons. The largest absolute Gasteiger partial charge is 0.372 e. The Morgan fingerprint density at radius 2 is 1.88 bits per heavy atom. The van der Waals surface area contributed by atoms with Gasteiger partial charge in [0.05, 0.1) is 5.71 Å². The van der Waals surface area contributed by atoms with Crippen molar-refractivity contribution < 1.29 is 0 Å². The van der Waals surface area contributed by atoms with Crippen LogP contribution in [0.15, 0.2) is 59.4 Å². The van der Waals surface area contributed by atoms with Crippen molar-refractivity contribution in [3.63, 3.8) is 0 Å². The second-order valence-electron chi connectivity index (χ2n) is 6.89. The Hall–Kier alpha value is -2.42. The van der Waals surface area contributed by atoms with Crippen molar-refractivity contribution in [1.29, 1.82) is 0 Å². The number of aromatic nitrogens is 1. The molecule has 0 atom stereocenters. The van der Waals surface area contributed by atoms with E-state index >= 15 is 0 Å². The van der Waals surface area contributed by atoms with Gasteiger partial charge in [0.2, 0.25) is 0 Å². The van der Waals surface area contributed by atoms with Crippen molar-refractivity contribution in [2.24, 2.45) is 4.99 Å². The number of aliphatic imine (C=N–C) groups is 1. The van der Waals surface area contributed by atoms with E-state index in [-0.39, 0.29) is 0 Å². The minimum absolute atomic E-state index is 0.912. The predicted molar refractivity (Wildman–Crippen MR) is 105 cm³/mol. The number of rotatable bonds is 3. The van der Waals surface area contributed by atoms with Crippen LogP contribution in [-0.4, -0.2) is 30.3 Å². The number of hydrogen-bond donors (Lipinski definition) is 0. The first kappa shape index (κ1) is 16.1. The second kappa shape index (κ2) is 7.64. The molecule has 3 nitrogen and oxygen atoms in total. The molecule has 25 heavy (non-hydrogen) atoms. The lowest BCUT2D eigenvalue weighted by molar-refractivity contribution is 0.578. The molecule has 1 fully saturated rings. The molecule has 2 aliphatic heterocycles. The van der Waals surface area contributed by atoms with Crippen LogP contribution in [0.4, 0.5) is 5.69 Å². The van der Waals surface area contributed by atoms with Crippen molar-refractivity contribution in [3.05, 3.63) is 65.5 Å². The Morgan fingerprint density at radius 3 is 2.72 bits per heavy atom. The number of piperidine rings is 1. The van der Waals surface area contributed by atoms with E-state index in [0.717, 1.165) is 30.7 Å². The normalized spacial score (nSPS) is 19.8. The minimum Gasteiger partial charge on any atom is -0.372 e. The maximum Gasteiger partial charge on any atom is 0.0694 e. The zero-order chi connectivity index (χ0) is 16.9. The van der Waals surface area contributed by atoms with Crippen LogP contribution in [0.2, 0.25) is 0 Å². The third kappa shape index (κ3) is 3.81. The molecule has 0 unspecified atom stereocenters. The van der Waals surface area contributed by atoms with Crippen LogP contribution in [0.3, 0.4) is 0 Å². The molecule has 0 spiro atoms. The molecule has 0 bridgehead atoms. The van der Waals surface area contributed by atoms with Gasteiger partial charge in [-0.25, -0.2) is 0 Å². The predicted octanol–water partition coefficient (Wildman–Crippen LogP) is 4.74. The zero-order valence-corrected chi connectivity index (χ0v) is 14.7. The lowest BCUT2D eigenvalue weighted by Gasteiger charge is -2.29. The fraction of sp³-hybridized carbons (Fsp3) is 0.364. The highest BCUT2D eigenvalue weighted by Gasteiger charge is 2.15. The molecule has 2 aliphatic rings. The topological polar surface area (TPSA) is 28.5 Å². The van der Waals surface area contributed by atoms with Gasteiger partial charge in [-0.15, -0.1) is 0 Å². The van der Waals surface area contributed by atoms with Crippen LogP contribution in [0.25, 0.3) is 6.08 Å². The summed E-state index contributed by atoms with van der Waals surface area (Å²) < 4.78 is 0. The third-order valence-corrected chi connectivity index (χ3v) is 5.05. The molecule has 2 aromatic rings. The van der Waals surface area contributed by atoms with E-state index in [4.69, 9.17) is 4.99 Å². The fourth-order valence-electron chi connectivity index (χ4n) is 3.76. The van der Waals surface area contributed by atoms with Crippen molar-refractivity contribution in [3.8, 4) is 0 Å². The van der Waals surface area contributed by atoms with Gasteiger partial charge in [0.15, 0.2) is 0 Å². The number of pyridine rings is 1. The van der Waals surface area contributed by atoms with Gasteiger partial charge in [-0.3, -0.25) is 9.98 Å². The van der Waals surface area contributed by atoms with Crippen LogP contribution in [0.5, 0.6) is 0 Å². The molecule has 0 aliphatic carbocycles. The smallest absolute Gasteiger partial charge is 0.0694 e. The molecular formula is C22H25N3. The number of allylic oxidation sites excluding steroid dienone is 1. The van der Waals surface area contributed by atoms with E-state index in [2.05, 4.69) is 46.3 Å². The summed E-state index contributed by atoms with van der Waals surface area (Å²) in [7, 11) is 0. The number of benzene rings is 1. The fourth-order valence-corrected chi connectivity index (χ4v) is 3.76.